The molecule has 0 aliphatic rings. The zero-order valence-corrected chi connectivity index (χ0v) is 13.6. The van der Waals surface area contributed by atoms with E-state index in [-0.39, 0.29) is 11.7 Å². The molecule has 3 aromatic rings. The van der Waals surface area contributed by atoms with Crippen LogP contribution in [0, 0.1) is 6.92 Å². The van der Waals surface area contributed by atoms with Gasteiger partial charge in [0.05, 0.1) is 17.2 Å². The van der Waals surface area contributed by atoms with Gasteiger partial charge in [-0.2, -0.15) is 4.98 Å². The Morgan fingerprint density at radius 1 is 1.32 bits per heavy atom. The van der Waals surface area contributed by atoms with Crippen molar-refractivity contribution in [1.29, 1.82) is 0 Å². The number of nitrogens with zero attached hydrogens (tertiary/aromatic N) is 4. The summed E-state index contributed by atoms with van der Waals surface area (Å²) in [5.74, 6) is 1.91. The number of hydrogen-bond acceptors (Lipinski definition) is 5. The minimum atomic E-state index is -1.12. The fraction of sp³-hybridized carbons (Fsp3) is 0.400. The molecule has 0 saturated heterocycles. The zero-order valence-electron chi connectivity index (χ0n) is 12.8. The van der Waals surface area contributed by atoms with Gasteiger partial charge in [0.25, 0.3) is 0 Å². The molecule has 0 bridgehead atoms. The van der Waals surface area contributed by atoms with Gasteiger partial charge < -0.3 is 8.92 Å². The second-order valence-corrected chi connectivity index (χ2v) is 7.04. The summed E-state index contributed by atoms with van der Waals surface area (Å²) in [6.07, 6.45) is 3.85. The normalized spacial score (nSPS) is 13.1. The maximum Gasteiger partial charge on any atom is 0.229 e. The van der Waals surface area contributed by atoms with Gasteiger partial charge in [-0.15, -0.1) is 0 Å². The molecule has 0 spiro atoms. The van der Waals surface area contributed by atoms with E-state index in [1.807, 2.05) is 49.7 Å². The number of fused-ring (bicyclic) bond motifs is 1. The maximum atomic E-state index is 12.3. The van der Waals surface area contributed by atoms with E-state index in [1.165, 1.54) is 0 Å². The summed E-state index contributed by atoms with van der Waals surface area (Å²) in [7, 11) is -1.12. The van der Waals surface area contributed by atoms with Crippen LogP contribution < -0.4 is 0 Å². The van der Waals surface area contributed by atoms with Crippen LogP contribution in [0.15, 0.2) is 29.0 Å². The van der Waals surface area contributed by atoms with E-state index >= 15 is 0 Å². The Morgan fingerprint density at radius 2 is 2.14 bits per heavy atom. The van der Waals surface area contributed by atoms with Crippen LogP contribution in [-0.4, -0.2) is 23.7 Å². The quantitative estimate of drug-likeness (QED) is 0.723. The number of hydrogen-bond donors (Lipinski definition) is 0. The summed E-state index contributed by atoms with van der Waals surface area (Å²) in [5.41, 5.74) is 2.80. The Balaban J connectivity index is 1.71. The smallest absolute Gasteiger partial charge is 0.229 e. The highest BCUT2D eigenvalue weighted by atomic mass is 32.2. The third-order valence-electron chi connectivity index (χ3n) is 3.30. The lowest BCUT2D eigenvalue weighted by Gasteiger charge is -1.95. The Bertz CT molecular complexity index is 822. The summed E-state index contributed by atoms with van der Waals surface area (Å²) < 4.78 is 19.3. The first-order valence-electron chi connectivity index (χ1n) is 7.13. The fourth-order valence-electron chi connectivity index (χ4n) is 2.19. The van der Waals surface area contributed by atoms with Gasteiger partial charge >= 0.3 is 0 Å². The third kappa shape index (κ3) is 3.09. The van der Waals surface area contributed by atoms with Crippen molar-refractivity contribution in [2.24, 2.45) is 0 Å². The van der Waals surface area contributed by atoms with E-state index in [1.54, 1.807) is 0 Å². The highest BCUT2D eigenvalue weighted by Crippen LogP contribution is 2.14. The SMILES string of the molecule is Cc1cccn2cc(C[S@@](=O)Cc3noc(C(C)C)n3)nc12. The summed E-state index contributed by atoms with van der Waals surface area (Å²) in [5, 5.41) is 3.87. The van der Waals surface area contributed by atoms with Crippen LogP contribution in [0.1, 0.15) is 42.7 Å². The minimum absolute atomic E-state index is 0.177. The summed E-state index contributed by atoms with van der Waals surface area (Å²) >= 11 is 0. The van der Waals surface area contributed by atoms with Crippen LogP contribution in [0.25, 0.3) is 5.65 Å². The molecular weight excluding hydrogens is 300 g/mol. The molecule has 3 aromatic heterocycles. The predicted octanol–water partition coefficient (Wildman–Crippen LogP) is 2.60. The largest absolute Gasteiger partial charge is 0.339 e. The highest BCUT2D eigenvalue weighted by Gasteiger charge is 2.14. The van der Waals surface area contributed by atoms with Crippen molar-refractivity contribution >= 4 is 16.4 Å². The lowest BCUT2D eigenvalue weighted by molar-refractivity contribution is 0.362. The first-order valence-corrected chi connectivity index (χ1v) is 8.62. The first-order chi connectivity index (χ1) is 10.5. The van der Waals surface area contributed by atoms with E-state index in [9.17, 15) is 4.21 Å². The van der Waals surface area contributed by atoms with Crippen molar-refractivity contribution in [3.05, 3.63) is 47.5 Å². The zero-order chi connectivity index (χ0) is 15.7. The molecule has 6 nitrogen and oxygen atoms in total. The molecule has 7 heteroatoms. The highest BCUT2D eigenvalue weighted by molar-refractivity contribution is 7.83. The van der Waals surface area contributed by atoms with Crippen LogP contribution in [-0.2, 0) is 22.3 Å². The summed E-state index contributed by atoms with van der Waals surface area (Å²) in [4.78, 5) is 8.78. The van der Waals surface area contributed by atoms with E-state index in [0.717, 1.165) is 16.9 Å². The predicted molar refractivity (Wildman–Crippen MR) is 83.9 cm³/mol. The molecule has 0 aromatic carbocycles. The summed E-state index contributed by atoms with van der Waals surface area (Å²) in [6, 6.07) is 3.98. The minimum Gasteiger partial charge on any atom is -0.339 e. The molecule has 0 saturated carbocycles. The van der Waals surface area contributed by atoms with Gasteiger partial charge in [-0.05, 0) is 18.6 Å². The van der Waals surface area contributed by atoms with Gasteiger partial charge in [0.1, 0.15) is 5.65 Å². The van der Waals surface area contributed by atoms with Crippen molar-refractivity contribution in [2.75, 3.05) is 0 Å². The first kappa shape index (κ1) is 14.9. The van der Waals surface area contributed by atoms with Crippen molar-refractivity contribution in [1.82, 2.24) is 19.5 Å². The lowest BCUT2D eigenvalue weighted by Crippen LogP contribution is -2.01. The number of aryl methyl sites for hydroxylation is 1. The number of pyridine rings is 1. The molecule has 0 aliphatic heterocycles. The molecule has 0 aliphatic carbocycles. The van der Waals surface area contributed by atoms with Crippen molar-refractivity contribution in [3.63, 3.8) is 0 Å². The van der Waals surface area contributed by atoms with Crippen molar-refractivity contribution in [3.8, 4) is 0 Å². The van der Waals surface area contributed by atoms with Gasteiger partial charge in [0.2, 0.25) is 5.89 Å². The van der Waals surface area contributed by atoms with Gasteiger partial charge in [0, 0.05) is 29.1 Å². The second-order valence-electron chi connectivity index (χ2n) is 5.59. The van der Waals surface area contributed by atoms with Crippen LogP contribution >= 0.6 is 0 Å². The lowest BCUT2D eigenvalue weighted by atomic mass is 10.2. The molecule has 0 N–H and O–H groups in total. The second kappa shape index (κ2) is 6.00. The van der Waals surface area contributed by atoms with Crippen LogP contribution in [0.2, 0.25) is 0 Å². The molecule has 22 heavy (non-hydrogen) atoms. The molecule has 1 atom stereocenters. The van der Waals surface area contributed by atoms with Gasteiger partial charge in [-0.1, -0.05) is 25.1 Å². The Hall–Kier alpha value is -2.02. The van der Waals surface area contributed by atoms with E-state index < -0.39 is 10.8 Å². The molecule has 0 radical (unpaired) electrons. The fourth-order valence-corrected chi connectivity index (χ4v) is 3.17. The van der Waals surface area contributed by atoms with Gasteiger partial charge in [0.15, 0.2) is 5.82 Å². The maximum absolute atomic E-state index is 12.3. The number of imidazole rings is 1. The van der Waals surface area contributed by atoms with E-state index in [2.05, 4.69) is 15.1 Å². The average molecular weight is 318 g/mol. The molecule has 0 amide bonds. The Kier molecular flexibility index (Phi) is 4.06. The average Bonchev–Trinajstić information content (AvgIpc) is 3.06. The Morgan fingerprint density at radius 3 is 2.82 bits per heavy atom. The van der Waals surface area contributed by atoms with Gasteiger partial charge in [-0.25, -0.2) is 4.98 Å². The van der Waals surface area contributed by atoms with Crippen molar-refractivity contribution < 1.29 is 8.73 Å². The number of aromatic nitrogens is 4. The molecule has 3 heterocycles. The molecular formula is C15H18N4O2S. The van der Waals surface area contributed by atoms with Crippen LogP contribution in [0.3, 0.4) is 0 Å². The Labute approximate surface area is 131 Å². The van der Waals surface area contributed by atoms with Crippen molar-refractivity contribution in [2.45, 2.75) is 38.2 Å². The van der Waals surface area contributed by atoms with Gasteiger partial charge in [-0.3, -0.25) is 4.21 Å². The molecule has 3 rings (SSSR count). The third-order valence-corrected chi connectivity index (χ3v) is 4.50. The number of rotatable bonds is 5. The van der Waals surface area contributed by atoms with E-state index in [4.69, 9.17) is 4.52 Å². The van der Waals surface area contributed by atoms with Crippen LogP contribution in [0.5, 0.6) is 0 Å². The summed E-state index contributed by atoms with van der Waals surface area (Å²) in [6.45, 7) is 5.97. The van der Waals surface area contributed by atoms with E-state index in [0.29, 0.717) is 17.5 Å². The molecule has 116 valence electrons. The standard InChI is InChI=1S/C15H18N4O2S/c1-10(2)15-17-13(18-21-15)9-22(20)8-12-7-19-6-4-5-11(3)14(19)16-12/h4-7,10H,8-9H2,1-3H3/t22-/m1/s1. The molecule has 0 fully saturated rings. The molecule has 0 unspecified atom stereocenters. The topological polar surface area (TPSA) is 73.3 Å². The monoisotopic (exact) mass is 318 g/mol. The van der Waals surface area contributed by atoms with Crippen LogP contribution in [0.4, 0.5) is 0 Å².